The van der Waals surface area contributed by atoms with Gasteiger partial charge in [0.25, 0.3) is 5.91 Å². The second kappa shape index (κ2) is 9.64. The monoisotopic (exact) mass is 433 g/mol. The predicted octanol–water partition coefficient (Wildman–Crippen LogP) is 2.83. The Morgan fingerprint density at radius 1 is 1.19 bits per heavy atom. The lowest BCUT2D eigenvalue weighted by atomic mass is 10.1. The molecular weight excluding hydrogens is 406 g/mol. The maximum atomic E-state index is 13.2. The van der Waals surface area contributed by atoms with Gasteiger partial charge in [-0.2, -0.15) is 5.10 Å². The number of carbonyl (C=O) groups is 2. The fourth-order valence-electron chi connectivity index (χ4n) is 4.05. The lowest BCUT2D eigenvalue weighted by Crippen LogP contribution is -2.38. The van der Waals surface area contributed by atoms with Gasteiger partial charge in [0.2, 0.25) is 5.91 Å². The molecule has 3 aromatic rings. The van der Waals surface area contributed by atoms with Gasteiger partial charge in [-0.1, -0.05) is 30.3 Å². The first-order valence-electron chi connectivity index (χ1n) is 10.7. The van der Waals surface area contributed by atoms with Crippen LogP contribution in [0.15, 0.2) is 54.6 Å². The summed E-state index contributed by atoms with van der Waals surface area (Å²) in [5, 5.41) is 10.2. The van der Waals surface area contributed by atoms with Gasteiger partial charge in [0, 0.05) is 24.6 Å². The van der Waals surface area contributed by atoms with Crippen molar-refractivity contribution in [3.8, 4) is 5.75 Å². The molecule has 0 aliphatic carbocycles. The van der Waals surface area contributed by atoms with Crippen LogP contribution in [-0.4, -0.2) is 51.6 Å². The van der Waals surface area contributed by atoms with Crippen molar-refractivity contribution in [1.29, 1.82) is 0 Å². The number of rotatable bonds is 7. The third-order valence-electron chi connectivity index (χ3n) is 5.67. The number of aryl methyl sites for hydroxylation is 2. The highest BCUT2D eigenvalue weighted by Crippen LogP contribution is 2.31. The van der Waals surface area contributed by atoms with Crippen molar-refractivity contribution in [2.45, 2.75) is 38.3 Å². The Labute approximate surface area is 187 Å². The van der Waals surface area contributed by atoms with Crippen LogP contribution < -0.4 is 10.1 Å². The SMILES string of the molecule is COc1cccc(CCC(=O)N2C[C@@H](NC(=O)c3ccccc3)C[C@H]2c2n[nH]c(C)n2)c1. The van der Waals surface area contributed by atoms with E-state index in [1.54, 1.807) is 24.1 Å². The highest BCUT2D eigenvalue weighted by Gasteiger charge is 2.38. The van der Waals surface area contributed by atoms with Crippen LogP contribution in [0.5, 0.6) is 5.75 Å². The first kappa shape index (κ1) is 21.5. The van der Waals surface area contributed by atoms with Crippen molar-refractivity contribution >= 4 is 11.8 Å². The molecule has 2 heterocycles. The summed E-state index contributed by atoms with van der Waals surface area (Å²) in [6.45, 7) is 2.25. The summed E-state index contributed by atoms with van der Waals surface area (Å²) in [5.41, 5.74) is 1.64. The van der Waals surface area contributed by atoms with Crippen LogP contribution in [-0.2, 0) is 11.2 Å². The molecule has 0 bridgehead atoms. The first-order chi connectivity index (χ1) is 15.5. The standard InChI is InChI=1S/C24H27N5O3/c1-16-25-23(28-27-16)21-14-19(26-24(31)18-8-4-3-5-9-18)15-29(21)22(30)12-11-17-7-6-10-20(13-17)32-2/h3-10,13,19,21H,11-12,14-15H2,1-2H3,(H,26,31)(H,25,27,28)/t19-,21-/m0/s1. The average Bonchev–Trinajstić information content (AvgIpc) is 3.44. The second-order valence-electron chi connectivity index (χ2n) is 7.96. The van der Waals surface area contributed by atoms with Crippen molar-refractivity contribution < 1.29 is 14.3 Å². The number of amides is 2. The molecule has 1 fully saturated rings. The maximum Gasteiger partial charge on any atom is 0.251 e. The van der Waals surface area contributed by atoms with Gasteiger partial charge in [0.15, 0.2) is 5.82 Å². The molecule has 2 N–H and O–H groups in total. The molecule has 1 aliphatic heterocycles. The number of nitrogens with one attached hydrogen (secondary N) is 2. The topological polar surface area (TPSA) is 100 Å². The second-order valence-corrected chi connectivity index (χ2v) is 7.96. The Balaban J connectivity index is 1.46. The van der Waals surface area contributed by atoms with Crippen LogP contribution in [0.1, 0.15) is 46.5 Å². The number of carbonyl (C=O) groups excluding carboxylic acids is 2. The van der Waals surface area contributed by atoms with Crippen LogP contribution in [0.3, 0.4) is 0 Å². The molecule has 0 unspecified atom stereocenters. The van der Waals surface area contributed by atoms with E-state index in [-0.39, 0.29) is 23.9 Å². The van der Waals surface area contributed by atoms with Crippen LogP contribution in [0.25, 0.3) is 0 Å². The smallest absolute Gasteiger partial charge is 0.251 e. The number of methoxy groups -OCH3 is 1. The van der Waals surface area contributed by atoms with Crippen molar-refractivity contribution in [3.05, 3.63) is 77.4 Å². The minimum Gasteiger partial charge on any atom is -0.497 e. The number of H-pyrrole nitrogens is 1. The van der Waals surface area contributed by atoms with Crippen molar-refractivity contribution in [3.63, 3.8) is 0 Å². The molecule has 166 valence electrons. The molecule has 2 amide bonds. The summed E-state index contributed by atoms with van der Waals surface area (Å²) in [7, 11) is 1.63. The van der Waals surface area contributed by atoms with E-state index in [2.05, 4.69) is 20.5 Å². The number of hydrogen-bond donors (Lipinski definition) is 2. The van der Waals surface area contributed by atoms with Gasteiger partial charge in [-0.25, -0.2) is 4.98 Å². The van der Waals surface area contributed by atoms with E-state index in [4.69, 9.17) is 4.74 Å². The predicted molar refractivity (Wildman–Crippen MR) is 119 cm³/mol. The van der Waals surface area contributed by atoms with Crippen molar-refractivity contribution in [1.82, 2.24) is 25.4 Å². The minimum absolute atomic E-state index is 0.0109. The van der Waals surface area contributed by atoms with E-state index in [1.165, 1.54) is 0 Å². The van der Waals surface area contributed by atoms with Gasteiger partial charge in [-0.05, 0) is 49.6 Å². The Morgan fingerprint density at radius 3 is 2.72 bits per heavy atom. The lowest BCUT2D eigenvalue weighted by molar-refractivity contribution is -0.132. The summed E-state index contributed by atoms with van der Waals surface area (Å²) in [5.74, 6) is 1.91. The van der Waals surface area contributed by atoms with Gasteiger partial charge in [-0.15, -0.1) is 0 Å². The average molecular weight is 434 g/mol. The summed E-state index contributed by atoms with van der Waals surface area (Å²) in [6, 6.07) is 16.4. The molecule has 0 saturated carbocycles. The zero-order valence-corrected chi connectivity index (χ0v) is 18.2. The van der Waals surface area contributed by atoms with Crippen LogP contribution in [0.4, 0.5) is 0 Å². The summed E-state index contributed by atoms with van der Waals surface area (Å²) in [6.07, 6.45) is 1.53. The van der Waals surface area contributed by atoms with E-state index in [0.717, 1.165) is 11.3 Å². The van der Waals surface area contributed by atoms with E-state index in [9.17, 15) is 9.59 Å². The number of ether oxygens (including phenoxy) is 1. The summed E-state index contributed by atoms with van der Waals surface area (Å²) < 4.78 is 5.27. The molecule has 4 rings (SSSR count). The normalized spacial score (nSPS) is 17.9. The number of likely N-dealkylation sites (tertiary alicyclic amines) is 1. The first-order valence-corrected chi connectivity index (χ1v) is 10.7. The Hall–Kier alpha value is -3.68. The van der Waals surface area contributed by atoms with Crippen LogP contribution >= 0.6 is 0 Å². The number of benzene rings is 2. The van der Waals surface area contributed by atoms with Gasteiger partial charge in [0.05, 0.1) is 13.2 Å². The Kier molecular flexibility index (Phi) is 6.49. The largest absolute Gasteiger partial charge is 0.497 e. The Morgan fingerprint density at radius 2 is 2.00 bits per heavy atom. The number of hydrogen-bond acceptors (Lipinski definition) is 5. The van der Waals surface area contributed by atoms with Gasteiger partial charge in [-0.3, -0.25) is 14.7 Å². The molecule has 8 heteroatoms. The third-order valence-corrected chi connectivity index (χ3v) is 5.67. The summed E-state index contributed by atoms with van der Waals surface area (Å²) in [4.78, 5) is 32.1. The fraction of sp³-hybridized carbons (Fsp3) is 0.333. The van der Waals surface area contributed by atoms with Crippen molar-refractivity contribution in [2.24, 2.45) is 0 Å². The zero-order chi connectivity index (χ0) is 22.5. The van der Waals surface area contributed by atoms with Gasteiger partial charge in [0.1, 0.15) is 11.6 Å². The van der Waals surface area contributed by atoms with E-state index < -0.39 is 0 Å². The van der Waals surface area contributed by atoms with Gasteiger partial charge < -0.3 is 15.0 Å². The van der Waals surface area contributed by atoms with Crippen LogP contribution in [0, 0.1) is 6.92 Å². The quantitative estimate of drug-likeness (QED) is 0.597. The lowest BCUT2D eigenvalue weighted by Gasteiger charge is -2.22. The highest BCUT2D eigenvalue weighted by atomic mass is 16.5. The zero-order valence-electron chi connectivity index (χ0n) is 18.2. The third kappa shape index (κ3) is 4.96. The molecule has 0 spiro atoms. The Bertz CT molecular complexity index is 1080. The minimum atomic E-state index is -0.279. The maximum absolute atomic E-state index is 13.2. The number of nitrogens with zero attached hydrogens (tertiary/aromatic N) is 3. The van der Waals surface area contributed by atoms with E-state index >= 15 is 0 Å². The van der Waals surface area contributed by atoms with E-state index in [0.29, 0.717) is 43.0 Å². The fourth-order valence-corrected chi connectivity index (χ4v) is 4.05. The molecule has 1 saturated heterocycles. The molecule has 1 aliphatic rings. The van der Waals surface area contributed by atoms with E-state index in [1.807, 2.05) is 49.4 Å². The van der Waals surface area contributed by atoms with Gasteiger partial charge >= 0.3 is 0 Å². The van der Waals surface area contributed by atoms with Crippen LogP contribution in [0.2, 0.25) is 0 Å². The summed E-state index contributed by atoms with van der Waals surface area (Å²) >= 11 is 0. The van der Waals surface area contributed by atoms with Crippen molar-refractivity contribution in [2.75, 3.05) is 13.7 Å². The highest BCUT2D eigenvalue weighted by molar-refractivity contribution is 5.94. The molecule has 2 atom stereocenters. The molecule has 8 nitrogen and oxygen atoms in total. The molecule has 1 aromatic heterocycles. The number of aromatic nitrogens is 3. The molecule has 0 radical (unpaired) electrons. The molecule has 2 aromatic carbocycles. The number of aromatic amines is 1. The molecule has 32 heavy (non-hydrogen) atoms. The molecular formula is C24H27N5O3.